The molecule has 0 aromatic heterocycles. The minimum atomic E-state index is -0.152. The first kappa shape index (κ1) is 11.7. The molecule has 0 aliphatic heterocycles. The molecule has 0 bridgehead atoms. The molecule has 1 unspecified atom stereocenters. The highest BCUT2D eigenvalue weighted by Crippen LogP contribution is 2.32. The third-order valence-electron chi connectivity index (χ3n) is 3.50. The van der Waals surface area contributed by atoms with Gasteiger partial charge in [0.2, 0.25) is 0 Å². The topological polar surface area (TPSA) is 50.1 Å². The van der Waals surface area contributed by atoms with Crippen molar-refractivity contribution in [1.82, 2.24) is 0 Å². The molecule has 2 rings (SSSR count). The van der Waals surface area contributed by atoms with Crippen LogP contribution in [0.2, 0.25) is 0 Å². The monoisotopic (exact) mass is 229 g/mol. The second-order valence-corrected chi connectivity index (χ2v) is 4.54. The highest BCUT2D eigenvalue weighted by molar-refractivity contribution is 5.69. The van der Waals surface area contributed by atoms with Gasteiger partial charge in [-0.25, -0.2) is 0 Å². The van der Waals surface area contributed by atoms with Crippen LogP contribution in [0.3, 0.4) is 0 Å². The Balaban J connectivity index is 2.20. The van der Waals surface area contributed by atoms with Crippen molar-refractivity contribution < 1.29 is 9.53 Å². The van der Waals surface area contributed by atoms with Crippen molar-refractivity contribution in [2.75, 3.05) is 7.11 Å². The maximum atomic E-state index is 11.3. The van der Waals surface area contributed by atoms with E-state index in [4.69, 9.17) is 10.00 Å². The number of hydrogen-bond acceptors (Lipinski definition) is 3. The summed E-state index contributed by atoms with van der Waals surface area (Å²) in [5.41, 5.74) is 4.33. The molecule has 1 aromatic rings. The molecule has 1 atom stereocenters. The van der Waals surface area contributed by atoms with Crippen molar-refractivity contribution in [3.05, 3.63) is 34.4 Å². The summed E-state index contributed by atoms with van der Waals surface area (Å²) in [7, 11) is 1.42. The van der Waals surface area contributed by atoms with E-state index in [1.54, 1.807) is 0 Å². The zero-order chi connectivity index (χ0) is 12.4. The zero-order valence-electron chi connectivity index (χ0n) is 10.1. The second-order valence-electron chi connectivity index (χ2n) is 4.54. The normalized spacial score (nSPS) is 17.4. The molecule has 17 heavy (non-hydrogen) atoms. The third kappa shape index (κ3) is 2.16. The molecule has 88 valence electrons. The molecule has 0 fully saturated rings. The maximum absolute atomic E-state index is 11.3. The number of benzene rings is 1. The molecule has 0 radical (unpaired) electrons. The van der Waals surface area contributed by atoms with E-state index in [-0.39, 0.29) is 5.97 Å². The molecule has 1 aliphatic rings. The van der Waals surface area contributed by atoms with Gasteiger partial charge < -0.3 is 4.74 Å². The quantitative estimate of drug-likeness (QED) is 0.730. The molecule has 1 aliphatic carbocycles. The molecule has 3 nitrogen and oxygen atoms in total. The van der Waals surface area contributed by atoms with Crippen LogP contribution in [0.4, 0.5) is 0 Å². The van der Waals surface area contributed by atoms with E-state index in [1.165, 1.54) is 18.2 Å². The van der Waals surface area contributed by atoms with Gasteiger partial charge >= 0.3 is 5.97 Å². The molecule has 0 spiro atoms. The molecule has 0 amide bonds. The van der Waals surface area contributed by atoms with Crippen molar-refractivity contribution in [2.24, 2.45) is 5.92 Å². The zero-order valence-corrected chi connectivity index (χ0v) is 10.1. The average Bonchev–Trinajstić information content (AvgIpc) is 2.73. The summed E-state index contributed by atoms with van der Waals surface area (Å²) >= 11 is 0. The predicted molar refractivity (Wildman–Crippen MR) is 63.4 cm³/mol. The van der Waals surface area contributed by atoms with Gasteiger partial charge in [-0.15, -0.1) is 0 Å². The van der Waals surface area contributed by atoms with Gasteiger partial charge in [0, 0.05) is 6.42 Å². The lowest BCUT2D eigenvalue weighted by Gasteiger charge is -2.06. The van der Waals surface area contributed by atoms with Crippen LogP contribution in [-0.2, 0) is 22.4 Å². The number of carbonyl (C=O) groups is 1. The van der Waals surface area contributed by atoms with Gasteiger partial charge in [-0.05, 0) is 48.4 Å². The lowest BCUT2D eigenvalue weighted by molar-refractivity contribution is -0.141. The summed E-state index contributed by atoms with van der Waals surface area (Å²) in [5, 5.41) is 8.97. The Bertz CT molecular complexity index is 500. The van der Waals surface area contributed by atoms with Gasteiger partial charge in [0.05, 0.1) is 18.7 Å². The van der Waals surface area contributed by atoms with Crippen molar-refractivity contribution in [3.63, 3.8) is 0 Å². The maximum Gasteiger partial charge on any atom is 0.305 e. The molecular weight excluding hydrogens is 214 g/mol. The van der Waals surface area contributed by atoms with Crippen molar-refractivity contribution >= 4 is 5.97 Å². The lowest BCUT2D eigenvalue weighted by Crippen LogP contribution is -2.09. The summed E-state index contributed by atoms with van der Waals surface area (Å²) in [6, 6.07) is 6.08. The Hall–Kier alpha value is -1.82. The van der Waals surface area contributed by atoms with Gasteiger partial charge in [0.25, 0.3) is 0 Å². The minimum Gasteiger partial charge on any atom is -0.469 e. The SMILES string of the molecule is COC(=O)CC1Cc2ccc(C#N)c(C)c2C1. The first-order valence-corrected chi connectivity index (χ1v) is 5.74. The van der Waals surface area contributed by atoms with Gasteiger partial charge in [0.15, 0.2) is 0 Å². The highest BCUT2D eigenvalue weighted by Gasteiger charge is 2.25. The number of ether oxygens (including phenoxy) is 1. The predicted octanol–water partition coefficient (Wildman–Crippen LogP) is 2.14. The summed E-state index contributed by atoms with van der Waals surface area (Å²) in [6.07, 6.45) is 2.26. The fourth-order valence-electron chi connectivity index (χ4n) is 2.54. The van der Waals surface area contributed by atoms with Gasteiger partial charge in [-0.2, -0.15) is 5.26 Å². The van der Waals surface area contributed by atoms with Gasteiger partial charge in [-0.3, -0.25) is 4.79 Å². The summed E-state index contributed by atoms with van der Waals surface area (Å²) < 4.78 is 4.69. The van der Waals surface area contributed by atoms with Crippen LogP contribution in [0.25, 0.3) is 0 Å². The summed E-state index contributed by atoms with van der Waals surface area (Å²) in [5.74, 6) is 0.172. The number of rotatable bonds is 2. The summed E-state index contributed by atoms with van der Waals surface area (Å²) in [6.45, 7) is 1.98. The lowest BCUT2D eigenvalue weighted by atomic mass is 9.99. The van der Waals surface area contributed by atoms with Crippen LogP contribution < -0.4 is 0 Å². The molecule has 0 N–H and O–H groups in total. The molecule has 0 saturated carbocycles. The first-order chi connectivity index (χ1) is 8.15. The van der Waals surface area contributed by atoms with Gasteiger partial charge in [0.1, 0.15) is 0 Å². The van der Waals surface area contributed by atoms with Crippen LogP contribution in [0.5, 0.6) is 0 Å². The Kier molecular flexibility index (Phi) is 3.14. The van der Waals surface area contributed by atoms with Crippen molar-refractivity contribution in [2.45, 2.75) is 26.2 Å². The fourth-order valence-corrected chi connectivity index (χ4v) is 2.54. The van der Waals surface area contributed by atoms with Crippen molar-refractivity contribution in [1.29, 1.82) is 5.26 Å². The van der Waals surface area contributed by atoms with E-state index in [0.717, 1.165) is 24.0 Å². The molecular formula is C14H15NO2. The third-order valence-corrected chi connectivity index (χ3v) is 3.50. The number of carbonyl (C=O) groups excluding carboxylic acids is 1. The number of fused-ring (bicyclic) bond motifs is 1. The number of nitrogens with zero attached hydrogens (tertiary/aromatic N) is 1. The molecule has 1 aromatic carbocycles. The molecule has 3 heteroatoms. The van der Waals surface area contributed by atoms with Crippen LogP contribution in [-0.4, -0.2) is 13.1 Å². The molecule has 0 heterocycles. The van der Waals surface area contributed by atoms with Crippen LogP contribution in [0, 0.1) is 24.2 Å². The van der Waals surface area contributed by atoms with E-state index in [9.17, 15) is 4.79 Å². The van der Waals surface area contributed by atoms with Crippen molar-refractivity contribution in [3.8, 4) is 6.07 Å². The van der Waals surface area contributed by atoms with E-state index in [2.05, 4.69) is 6.07 Å². The smallest absolute Gasteiger partial charge is 0.305 e. The minimum absolute atomic E-state index is 0.152. The Morgan fingerprint density at radius 2 is 2.29 bits per heavy atom. The number of methoxy groups -OCH3 is 1. The number of esters is 1. The fraction of sp³-hybridized carbons (Fsp3) is 0.429. The Labute approximate surface area is 101 Å². The van der Waals surface area contributed by atoms with E-state index in [0.29, 0.717) is 12.3 Å². The van der Waals surface area contributed by atoms with Crippen LogP contribution in [0.15, 0.2) is 12.1 Å². The van der Waals surface area contributed by atoms with E-state index in [1.807, 2.05) is 19.1 Å². The van der Waals surface area contributed by atoms with E-state index >= 15 is 0 Å². The average molecular weight is 229 g/mol. The molecule has 0 saturated heterocycles. The standard InChI is InChI=1S/C14H15NO2/c1-9-12(8-15)4-3-11-5-10(6-13(9)11)7-14(16)17-2/h3-4,10H,5-7H2,1-2H3. The van der Waals surface area contributed by atoms with E-state index < -0.39 is 0 Å². The second kappa shape index (κ2) is 4.58. The van der Waals surface area contributed by atoms with Crippen LogP contribution in [0.1, 0.15) is 28.7 Å². The highest BCUT2D eigenvalue weighted by atomic mass is 16.5. The Morgan fingerprint density at radius 3 is 2.94 bits per heavy atom. The number of nitriles is 1. The van der Waals surface area contributed by atoms with Crippen LogP contribution >= 0.6 is 0 Å². The largest absolute Gasteiger partial charge is 0.469 e. The van der Waals surface area contributed by atoms with Gasteiger partial charge in [-0.1, -0.05) is 6.07 Å². The number of hydrogen-bond donors (Lipinski definition) is 0. The summed E-state index contributed by atoms with van der Waals surface area (Å²) in [4.78, 5) is 11.3. The first-order valence-electron chi connectivity index (χ1n) is 5.74. The Morgan fingerprint density at radius 1 is 1.53 bits per heavy atom.